The number of nitrogens with one attached hydrogen (secondary N) is 1. The lowest BCUT2D eigenvalue weighted by atomic mass is 9.68. The molecule has 0 radical (unpaired) electrons. The summed E-state index contributed by atoms with van der Waals surface area (Å²) in [5.74, 6) is -0.101. The molecule has 3 heterocycles. The van der Waals surface area contributed by atoms with Gasteiger partial charge in [-0.15, -0.1) is 0 Å². The second-order valence-electron chi connectivity index (χ2n) is 8.75. The number of piperidine rings is 1. The molecule has 4 atom stereocenters. The number of fused-ring (bicyclic) bond motifs is 2. The fourth-order valence-corrected chi connectivity index (χ4v) is 4.69. The van der Waals surface area contributed by atoms with Crippen LogP contribution in [0.5, 0.6) is 0 Å². The minimum absolute atomic E-state index is 0.270. The summed E-state index contributed by atoms with van der Waals surface area (Å²) in [5, 5.41) is 24.3. The van der Waals surface area contributed by atoms with E-state index in [0.717, 1.165) is 36.1 Å². The van der Waals surface area contributed by atoms with Crippen molar-refractivity contribution >= 4 is 5.69 Å². The topological polar surface area (TPSA) is 68.6 Å². The molecule has 2 saturated heterocycles. The van der Waals surface area contributed by atoms with E-state index < -0.39 is 12.0 Å². The van der Waals surface area contributed by atoms with Crippen LogP contribution in [0.3, 0.4) is 0 Å². The zero-order chi connectivity index (χ0) is 20.1. The van der Waals surface area contributed by atoms with E-state index in [1.807, 2.05) is 39.0 Å². The predicted octanol–water partition coefficient (Wildman–Crippen LogP) is 3.51. The highest BCUT2D eigenvalue weighted by Crippen LogP contribution is 2.45. The number of benzene rings is 1. The van der Waals surface area contributed by atoms with Gasteiger partial charge in [-0.2, -0.15) is 0 Å². The Labute approximate surface area is 165 Å². The minimum atomic E-state index is -0.785. The molecule has 1 aromatic carbocycles. The molecule has 1 aromatic heterocycles. The van der Waals surface area contributed by atoms with Gasteiger partial charge in [0.15, 0.2) is 6.35 Å². The third-order valence-corrected chi connectivity index (χ3v) is 6.33. The first-order chi connectivity index (χ1) is 13.2. The SMILES string of the molecule is Cc1ccc(NC(O)N2C3CC(C(C)(C)O)C[C@H]2C3)cc1-c1cncc(F)c1. The average Bonchev–Trinajstić information content (AvgIpc) is 2.62. The second kappa shape index (κ2) is 7.10. The summed E-state index contributed by atoms with van der Waals surface area (Å²) < 4.78 is 13.6. The number of aliphatic hydroxyl groups is 2. The number of pyridine rings is 1. The van der Waals surface area contributed by atoms with Gasteiger partial charge in [0, 0.05) is 29.5 Å². The van der Waals surface area contributed by atoms with Crippen molar-refractivity contribution in [2.75, 3.05) is 5.32 Å². The number of rotatable bonds is 5. The Balaban J connectivity index is 1.48. The van der Waals surface area contributed by atoms with E-state index in [4.69, 9.17) is 0 Å². The Hall–Kier alpha value is -2.02. The number of aryl methyl sites for hydroxylation is 1. The van der Waals surface area contributed by atoms with Gasteiger partial charge in [-0.3, -0.25) is 9.88 Å². The van der Waals surface area contributed by atoms with E-state index in [0.29, 0.717) is 5.56 Å². The Morgan fingerprint density at radius 1 is 1.18 bits per heavy atom. The van der Waals surface area contributed by atoms with Gasteiger partial charge in [-0.05, 0) is 75.3 Å². The largest absolute Gasteiger partial charge is 0.390 e. The molecule has 6 heteroatoms. The van der Waals surface area contributed by atoms with Crippen LogP contribution in [-0.2, 0) is 0 Å². The standard InChI is InChI=1S/C22H28FN3O2/c1-13-4-5-17(9-20(13)14-6-16(23)12-24-11-14)25-21(27)26-18-7-15(22(2,3)28)8-19(26)10-18/h4-6,9,11-12,15,18-19,21,25,27-28H,7-8,10H2,1-3H3/t15?,18-,19?,21?/m0/s1. The van der Waals surface area contributed by atoms with Gasteiger partial charge in [0.25, 0.3) is 0 Å². The quantitative estimate of drug-likeness (QED) is 0.688. The molecule has 28 heavy (non-hydrogen) atoms. The minimum Gasteiger partial charge on any atom is -0.390 e. The van der Waals surface area contributed by atoms with Gasteiger partial charge in [-0.25, -0.2) is 4.39 Å². The summed E-state index contributed by atoms with van der Waals surface area (Å²) in [6.07, 6.45) is 4.91. The zero-order valence-electron chi connectivity index (χ0n) is 16.6. The summed E-state index contributed by atoms with van der Waals surface area (Å²) in [6, 6.07) is 7.83. The number of aliphatic hydroxyl groups excluding tert-OH is 1. The molecular weight excluding hydrogens is 357 g/mol. The zero-order valence-corrected chi connectivity index (χ0v) is 16.6. The molecule has 0 amide bonds. The summed E-state index contributed by atoms with van der Waals surface area (Å²) in [7, 11) is 0. The molecule has 2 aromatic rings. The van der Waals surface area contributed by atoms with Crippen LogP contribution >= 0.6 is 0 Å². The van der Waals surface area contributed by atoms with Crippen molar-refractivity contribution < 1.29 is 14.6 Å². The predicted molar refractivity (Wildman–Crippen MR) is 107 cm³/mol. The molecule has 2 fully saturated rings. The molecule has 2 bridgehead atoms. The number of aromatic nitrogens is 1. The summed E-state index contributed by atoms with van der Waals surface area (Å²) in [5.41, 5.74) is 2.72. The molecule has 2 aliphatic rings. The van der Waals surface area contributed by atoms with E-state index in [1.54, 1.807) is 6.20 Å². The van der Waals surface area contributed by atoms with Gasteiger partial charge in [0.05, 0.1) is 11.8 Å². The lowest BCUT2D eigenvalue weighted by Crippen LogP contribution is -2.67. The number of anilines is 1. The van der Waals surface area contributed by atoms with Crippen molar-refractivity contribution in [3.05, 3.63) is 48.0 Å². The van der Waals surface area contributed by atoms with Crippen LogP contribution < -0.4 is 5.32 Å². The number of nitrogens with zero attached hydrogens (tertiary/aromatic N) is 2. The van der Waals surface area contributed by atoms with E-state index in [1.165, 1.54) is 12.3 Å². The van der Waals surface area contributed by atoms with Crippen molar-refractivity contribution in [2.24, 2.45) is 5.92 Å². The maximum absolute atomic E-state index is 13.6. The van der Waals surface area contributed by atoms with Crippen LogP contribution in [-0.4, -0.2) is 44.1 Å². The smallest absolute Gasteiger partial charge is 0.184 e. The highest BCUT2D eigenvalue weighted by molar-refractivity contribution is 5.71. The monoisotopic (exact) mass is 385 g/mol. The van der Waals surface area contributed by atoms with E-state index in [9.17, 15) is 14.6 Å². The van der Waals surface area contributed by atoms with Crippen molar-refractivity contribution in [1.82, 2.24) is 9.88 Å². The molecule has 2 aliphatic heterocycles. The highest BCUT2D eigenvalue weighted by Gasteiger charge is 2.50. The van der Waals surface area contributed by atoms with Gasteiger partial charge < -0.3 is 15.5 Å². The number of hydrogen-bond acceptors (Lipinski definition) is 5. The van der Waals surface area contributed by atoms with E-state index in [-0.39, 0.29) is 23.8 Å². The molecule has 0 aliphatic carbocycles. The normalized spacial score (nSPS) is 25.9. The average molecular weight is 385 g/mol. The van der Waals surface area contributed by atoms with E-state index in [2.05, 4.69) is 15.2 Å². The first-order valence-corrected chi connectivity index (χ1v) is 9.88. The van der Waals surface area contributed by atoms with Crippen LogP contribution in [0.25, 0.3) is 11.1 Å². The van der Waals surface area contributed by atoms with Crippen molar-refractivity contribution in [3.8, 4) is 11.1 Å². The first kappa shape index (κ1) is 19.3. The van der Waals surface area contributed by atoms with Gasteiger partial charge in [0.2, 0.25) is 0 Å². The highest BCUT2D eigenvalue weighted by atomic mass is 19.1. The molecule has 4 rings (SSSR count). The Morgan fingerprint density at radius 3 is 2.54 bits per heavy atom. The van der Waals surface area contributed by atoms with Crippen LogP contribution in [0.15, 0.2) is 36.7 Å². The Kier molecular flexibility index (Phi) is 4.89. The fraction of sp³-hybridized carbons (Fsp3) is 0.500. The second-order valence-corrected chi connectivity index (χ2v) is 8.75. The van der Waals surface area contributed by atoms with E-state index >= 15 is 0 Å². The van der Waals surface area contributed by atoms with Crippen LogP contribution in [0.2, 0.25) is 0 Å². The molecule has 0 spiro atoms. The first-order valence-electron chi connectivity index (χ1n) is 9.88. The fourth-order valence-electron chi connectivity index (χ4n) is 4.69. The van der Waals surface area contributed by atoms with Gasteiger partial charge >= 0.3 is 0 Å². The van der Waals surface area contributed by atoms with Crippen molar-refractivity contribution in [3.63, 3.8) is 0 Å². The van der Waals surface area contributed by atoms with Gasteiger partial charge in [0.1, 0.15) is 5.82 Å². The number of hydrogen-bond donors (Lipinski definition) is 3. The van der Waals surface area contributed by atoms with Crippen LogP contribution in [0.1, 0.15) is 38.7 Å². The maximum Gasteiger partial charge on any atom is 0.184 e. The third-order valence-electron chi connectivity index (χ3n) is 6.33. The lowest BCUT2D eigenvalue weighted by molar-refractivity contribution is -0.163. The Bertz CT molecular complexity index is 855. The third kappa shape index (κ3) is 3.64. The van der Waals surface area contributed by atoms with Crippen LogP contribution in [0.4, 0.5) is 10.1 Å². The van der Waals surface area contributed by atoms with Crippen LogP contribution in [0, 0.1) is 18.7 Å². The molecule has 3 unspecified atom stereocenters. The van der Waals surface area contributed by atoms with Crippen molar-refractivity contribution in [1.29, 1.82) is 0 Å². The molecule has 5 nitrogen and oxygen atoms in total. The van der Waals surface area contributed by atoms with Gasteiger partial charge in [-0.1, -0.05) is 6.07 Å². The summed E-state index contributed by atoms with van der Waals surface area (Å²) in [4.78, 5) is 6.04. The van der Waals surface area contributed by atoms with Crippen molar-refractivity contribution in [2.45, 2.75) is 64.1 Å². The molecule has 150 valence electrons. The lowest BCUT2D eigenvalue weighted by Gasteiger charge is -2.58. The molecule has 3 N–H and O–H groups in total. The molecular formula is C22H28FN3O2. The maximum atomic E-state index is 13.6. The number of halogens is 1. The Morgan fingerprint density at radius 2 is 1.89 bits per heavy atom. The molecule has 0 saturated carbocycles. The summed E-state index contributed by atoms with van der Waals surface area (Å²) >= 11 is 0. The summed E-state index contributed by atoms with van der Waals surface area (Å²) in [6.45, 7) is 5.71.